The van der Waals surface area contributed by atoms with Gasteiger partial charge in [0, 0.05) is 0 Å². The van der Waals surface area contributed by atoms with E-state index in [1.807, 2.05) is 55.5 Å². The minimum atomic E-state index is -1.10. The highest BCUT2D eigenvalue weighted by Gasteiger charge is 2.33. The van der Waals surface area contributed by atoms with Crippen LogP contribution in [0.1, 0.15) is 16.7 Å². The fourth-order valence-electron chi connectivity index (χ4n) is 2.47. The Labute approximate surface area is 166 Å². The topological polar surface area (TPSA) is 66.8 Å². The summed E-state index contributed by atoms with van der Waals surface area (Å²) >= 11 is 6.20. The number of aliphatic carboxylic acids is 1. The lowest BCUT2D eigenvalue weighted by Gasteiger charge is -2.10. The molecular weight excluding hydrogens is 382 g/mol. The zero-order valence-electron chi connectivity index (χ0n) is 14.5. The number of amides is 1. The van der Waals surface area contributed by atoms with Crippen molar-refractivity contribution >= 4 is 46.3 Å². The van der Waals surface area contributed by atoms with Gasteiger partial charge in [-0.3, -0.25) is 14.5 Å². The van der Waals surface area contributed by atoms with Gasteiger partial charge in [0.25, 0.3) is 5.91 Å². The minimum Gasteiger partial charge on any atom is -0.489 e. The Balaban J connectivity index is 1.71. The van der Waals surface area contributed by atoms with Gasteiger partial charge < -0.3 is 9.84 Å². The van der Waals surface area contributed by atoms with E-state index in [9.17, 15) is 9.59 Å². The highest BCUT2D eigenvalue weighted by atomic mass is 32.2. The number of carboxylic acid groups (broad SMARTS) is 1. The van der Waals surface area contributed by atoms with Gasteiger partial charge in [-0.25, -0.2) is 0 Å². The standard InChI is InChI=1S/C20H17NO4S2/c1-13-5-7-14(8-6-13)12-25-16-4-2-3-15(9-16)10-17-19(24)21(11-18(22)23)20(26)27-17/h2-10H,11-12H2,1H3,(H,22,23). The average Bonchev–Trinajstić information content (AvgIpc) is 2.89. The second-order valence-corrected chi connectivity index (χ2v) is 7.68. The Morgan fingerprint density at radius 2 is 2.00 bits per heavy atom. The van der Waals surface area contributed by atoms with Crippen LogP contribution in [0.15, 0.2) is 53.4 Å². The van der Waals surface area contributed by atoms with Gasteiger partial charge in [-0.1, -0.05) is 65.9 Å². The molecule has 0 radical (unpaired) electrons. The molecule has 27 heavy (non-hydrogen) atoms. The van der Waals surface area contributed by atoms with Crippen LogP contribution in [0.3, 0.4) is 0 Å². The number of thiocarbonyl (C=S) groups is 1. The molecule has 1 N–H and O–H groups in total. The van der Waals surface area contributed by atoms with Crippen molar-refractivity contribution in [3.05, 3.63) is 70.1 Å². The number of carbonyl (C=O) groups excluding carboxylic acids is 1. The fourth-order valence-corrected chi connectivity index (χ4v) is 3.72. The molecule has 5 nitrogen and oxygen atoms in total. The first-order valence-corrected chi connectivity index (χ1v) is 9.40. The molecule has 0 unspecified atom stereocenters. The summed E-state index contributed by atoms with van der Waals surface area (Å²) < 4.78 is 6.07. The maximum Gasteiger partial charge on any atom is 0.323 e. The molecule has 2 aromatic rings. The van der Waals surface area contributed by atoms with Crippen molar-refractivity contribution < 1.29 is 19.4 Å². The first kappa shape index (κ1) is 19.1. The quantitative estimate of drug-likeness (QED) is 0.588. The molecule has 1 aliphatic heterocycles. The summed E-state index contributed by atoms with van der Waals surface area (Å²) in [6, 6.07) is 15.5. The highest BCUT2D eigenvalue weighted by molar-refractivity contribution is 8.26. The number of benzene rings is 2. The van der Waals surface area contributed by atoms with Gasteiger partial charge in [0.15, 0.2) is 0 Å². The lowest BCUT2D eigenvalue weighted by atomic mass is 10.1. The van der Waals surface area contributed by atoms with Crippen molar-refractivity contribution in [1.82, 2.24) is 4.90 Å². The molecule has 0 atom stereocenters. The van der Waals surface area contributed by atoms with Crippen LogP contribution in [-0.2, 0) is 16.2 Å². The smallest absolute Gasteiger partial charge is 0.323 e. The van der Waals surface area contributed by atoms with Crippen molar-refractivity contribution in [2.45, 2.75) is 13.5 Å². The van der Waals surface area contributed by atoms with E-state index in [1.54, 1.807) is 6.08 Å². The maximum atomic E-state index is 12.3. The molecule has 1 aliphatic rings. The molecule has 138 valence electrons. The van der Waals surface area contributed by atoms with Crippen molar-refractivity contribution in [2.75, 3.05) is 6.54 Å². The van der Waals surface area contributed by atoms with E-state index in [0.29, 0.717) is 17.3 Å². The highest BCUT2D eigenvalue weighted by Crippen LogP contribution is 2.32. The number of nitrogens with zero attached hydrogens (tertiary/aromatic N) is 1. The van der Waals surface area contributed by atoms with Crippen LogP contribution in [0.5, 0.6) is 5.75 Å². The van der Waals surface area contributed by atoms with Gasteiger partial charge in [0.1, 0.15) is 23.2 Å². The van der Waals surface area contributed by atoms with Crippen LogP contribution in [-0.4, -0.2) is 32.7 Å². The Hall–Kier alpha value is -2.64. The third kappa shape index (κ3) is 4.96. The number of rotatable bonds is 6. The molecule has 3 rings (SSSR count). The molecule has 0 spiro atoms. The van der Waals surface area contributed by atoms with E-state index >= 15 is 0 Å². The molecule has 1 heterocycles. The number of hydrogen-bond donors (Lipinski definition) is 1. The van der Waals surface area contributed by atoms with Crippen molar-refractivity contribution in [3.63, 3.8) is 0 Å². The van der Waals surface area contributed by atoms with Crippen LogP contribution in [0.4, 0.5) is 0 Å². The zero-order valence-corrected chi connectivity index (χ0v) is 16.2. The van der Waals surface area contributed by atoms with Gasteiger partial charge >= 0.3 is 5.97 Å². The van der Waals surface area contributed by atoms with Crippen LogP contribution in [0.2, 0.25) is 0 Å². The first-order valence-electron chi connectivity index (χ1n) is 8.18. The fraction of sp³-hybridized carbons (Fsp3) is 0.150. The second kappa shape index (κ2) is 8.37. The van der Waals surface area contributed by atoms with Crippen LogP contribution in [0, 0.1) is 6.92 Å². The SMILES string of the molecule is Cc1ccc(COc2cccc(C=C3SC(=S)N(CC(=O)O)C3=O)c2)cc1. The number of aryl methyl sites for hydroxylation is 1. The minimum absolute atomic E-state index is 0.250. The number of hydrogen-bond acceptors (Lipinski definition) is 5. The van der Waals surface area contributed by atoms with E-state index in [0.717, 1.165) is 27.8 Å². The number of thioether (sulfide) groups is 1. The number of ether oxygens (including phenoxy) is 1. The summed E-state index contributed by atoms with van der Waals surface area (Å²) in [4.78, 5) is 24.7. The molecular formula is C20H17NO4S2. The maximum absolute atomic E-state index is 12.3. The van der Waals surface area contributed by atoms with Crippen LogP contribution in [0.25, 0.3) is 6.08 Å². The van der Waals surface area contributed by atoms with Crippen LogP contribution < -0.4 is 4.74 Å². The summed E-state index contributed by atoms with van der Waals surface area (Å²) in [6.07, 6.45) is 1.69. The Morgan fingerprint density at radius 1 is 1.26 bits per heavy atom. The third-order valence-electron chi connectivity index (χ3n) is 3.85. The molecule has 1 saturated heterocycles. The predicted molar refractivity (Wildman–Crippen MR) is 109 cm³/mol. The van der Waals surface area contributed by atoms with Crippen molar-refractivity contribution in [3.8, 4) is 5.75 Å². The van der Waals surface area contributed by atoms with E-state index in [-0.39, 0.29) is 4.32 Å². The third-order valence-corrected chi connectivity index (χ3v) is 5.23. The van der Waals surface area contributed by atoms with E-state index < -0.39 is 18.4 Å². The Kier molecular flexibility index (Phi) is 5.93. The Morgan fingerprint density at radius 3 is 2.70 bits per heavy atom. The van der Waals surface area contributed by atoms with Gasteiger partial charge in [-0.2, -0.15) is 0 Å². The Bertz CT molecular complexity index is 922. The molecule has 7 heteroatoms. The van der Waals surface area contributed by atoms with Gasteiger partial charge in [0.05, 0.1) is 4.91 Å². The van der Waals surface area contributed by atoms with Crippen molar-refractivity contribution in [2.24, 2.45) is 0 Å². The number of carboxylic acids is 1. The second-order valence-electron chi connectivity index (χ2n) is 6.01. The largest absolute Gasteiger partial charge is 0.489 e. The molecule has 0 aromatic heterocycles. The average molecular weight is 399 g/mol. The summed E-state index contributed by atoms with van der Waals surface area (Å²) in [5, 5.41) is 8.89. The van der Waals surface area contributed by atoms with E-state index in [2.05, 4.69) is 0 Å². The summed E-state index contributed by atoms with van der Waals surface area (Å²) in [7, 11) is 0. The van der Waals surface area contributed by atoms with E-state index in [1.165, 1.54) is 5.56 Å². The molecule has 2 aromatic carbocycles. The summed E-state index contributed by atoms with van der Waals surface area (Å²) in [5.41, 5.74) is 3.05. The zero-order chi connectivity index (χ0) is 19.4. The number of carbonyl (C=O) groups is 2. The summed E-state index contributed by atoms with van der Waals surface area (Å²) in [5.74, 6) is -0.803. The van der Waals surface area contributed by atoms with E-state index in [4.69, 9.17) is 22.1 Å². The lowest BCUT2D eigenvalue weighted by molar-refractivity contribution is -0.140. The molecule has 0 bridgehead atoms. The van der Waals surface area contributed by atoms with Gasteiger partial charge in [-0.05, 0) is 36.3 Å². The first-order chi connectivity index (χ1) is 12.9. The lowest BCUT2D eigenvalue weighted by Crippen LogP contribution is -2.33. The normalized spacial score (nSPS) is 15.4. The van der Waals surface area contributed by atoms with Gasteiger partial charge in [0.2, 0.25) is 0 Å². The monoisotopic (exact) mass is 399 g/mol. The molecule has 1 fully saturated rings. The summed E-state index contributed by atoms with van der Waals surface area (Å²) in [6.45, 7) is 2.05. The predicted octanol–water partition coefficient (Wildman–Crippen LogP) is 3.86. The molecule has 0 saturated carbocycles. The van der Waals surface area contributed by atoms with Crippen molar-refractivity contribution in [1.29, 1.82) is 0 Å². The molecule has 0 aliphatic carbocycles. The van der Waals surface area contributed by atoms with Crippen LogP contribution >= 0.6 is 24.0 Å². The molecule has 1 amide bonds. The van der Waals surface area contributed by atoms with Gasteiger partial charge in [-0.15, -0.1) is 0 Å².